The summed E-state index contributed by atoms with van der Waals surface area (Å²) in [4.78, 5) is 15.3. The summed E-state index contributed by atoms with van der Waals surface area (Å²) in [7, 11) is 0. The van der Waals surface area contributed by atoms with Crippen molar-refractivity contribution in [2.75, 3.05) is 13.2 Å². The second-order valence-corrected chi connectivity index (χ2v) is 3.75. The number of rotatable bonds is 6. The van der Waals surface area contributed by atoms with Crippen LogP contribution in [0, 0.1) is 0 Å². The lowest BCUT2D eigenvalue weighted by Crippen LogP contribution is -2.20. The van der Waals surface area contributed by atoms with Crippen LogP contribution in [0.15, 0.2) is 18.5 Å². The van der Waals surface area contributed by atoms with Crippen LogP contribution in [0.1, 0.15) is 35.4 Å². The van der Waals surface area contributed by atoms with Crippen LogP contribution in [-0.4, -0.2) is 45.6 Å². The molecule has 0 aliphatic carbocycles. The first kappa shape index (κ1) is 14.6. The van der Waals surface area contributed by atoms with Crippen molar-refractivity contribution in [1.29, 1.82) is 0 Å². The Labute approximate surface area is 105 Å². The number of esters is 1. The number of aromatic nitrogens is 1. The molecule has 0 radical (unpaired) electrons. The molecule has 1 heterocycles. The van der Waals surface area contributed by atoms with E-state index in [4.69, 9.17) is 9.84 Å². The molecule has 0 saturated heterocycles. The fraction of sp³-hybridized carbons (Fsp3) is 0.500. The second kappa shape index (κ2) is 7.05. The summed E-state index contributed by atoms with van der Waals surface area (Å²) in [6.07, 6.45) is 0.430. The highest BCUT2D eigenvalue weighted by atomic mass is 16.5. The molecule has 0 spiro atoms. The minimum atomic E-state index is -1.20. The third kappa shape index (κ3) is 3.76. The van der Waals surface area contributed by atoms with Gasteiger partial charge < -0.3 is 20.1 Å². The van der Waals surface area contributed by atoms with Crippen LogP contribution < -0.4 is 0 Å². The van der Waals surface area contributed by atoms with Gasteiger partial charge in [-0.3, -0.25) is 4.98 Å². The number of aliphatic hydroxyl groups excluding tert-OH is 3. The number of hydrogen-bond donors (Lipinski definition) is 3. The first-order chi connectivity index (χ1) is 8.60. The highest BCUT2D eigenvalue weighted by molar-refractivity contribution is 5.89. The zero-order valence-corrected chi connectivity index (χ0v) is 10.1. The van der Waals surface area contributed by atoms with Gasteiger partial charge in [0.2, 0.25) is 0 Å². The number of carbonyl (C=O) groups excluding carboxylic acids is 1. The maximum Gasteiger partial charge on any atom is 0.339 e. The Morgan fingerprint density at radius 2 is 2.17 bits per heavy atom. The topological polar surface area (TPSA) is 99.9 Å². The van der Waals surface area contributed by atoms with Gasteiger partial charge in [-0.25, -0.2) is 4.79 Å². The van der Waals surface area contributed by atoms with Crippen molar-refractivity contribution in [2.24, 2.45) is 0 Å². The van der Waals surface area contributed by atoms with Crippen LogP contribution in [-0.2, 0) is 4.74 Å². The molecule has 1 rings (SSSR count). The van der Waals surface area contributed by atoms with Crippen LogP contribution in [0.25, 0.3) is 0 Å². The van der Waals surface area contributed by atoms with Crippen LogP contribution in [0.4, 0.5) is 0 Å². The van der Waals surface area contributed by atoms with Crippen LogP contribution in [0.2, 0.25) is 0 Å². The maximum absolute atomic E-state index is 11.5. The lowest BCUT2D eigenvalue weighted by atomic mass is 10.0. The maximum atomic E-state index is 11.5. The third-order valence-electron chi connectivity index (χ3n) is 2.40. The Morgan fingerprint density at radius 1 is 1.44 bits per heavy atom. The number of nitrogens with zero attached hydrogens (tertiary/aromatic N) is 1. The van der Waals surface area contributed by atoms with Crippen LogP contribution in [0.5, 0.6) is 0 Å². The lowest BCUT2D eigenvalue weighted by Gasteiger charge is -2.17. The van der Waals surface area contributed by atoms with Crippen molar-refractivity contribution in [3.05, 3.63) is 29.6 Å². The monoisotopic (exact) mass is 255 g/mol. The van der Waals surface area contributed by atoms with Gasteiger partial charge in [-0.15, -0.1) is 0 Å². The van der Waals surface area contributed by atoms with Crippen molar-refractivity contribution in [3.63, 3.8) is 0 Å². The number of ether oxygens (including phenoxy) is 1. The zero-order valence-electron chi connectivity index (χ0n) is 10.1. The molecular weight excluding hydrogens is 238 g/mol. The number of hydrogen-bond acceptors (Lipinski definition) is 6. The van der Waals surface area contributed by atoms with E-state index in [2.05, 4.69) is 4.98 Å². The number of aliphatic hydroxyl groups is 3. The fourth-order valence-electron chi connectivity index (χ4n) is 1.46. The Hall–Kier alpha value is -1.50. The average Bonchev–Trinajstić information content (AvgIpc) is 2.38. The smallest absolute Gasteiger partial charge is 0.339 e. The van der Waals surface area contributed by atoms with Gasteiger partial charge in [-0.1, -0.05) is 0 Å². The minimum Gasteiger partial charge on any atom is -0.462 e. The Kier molecular flexibility index (Phi) is 5.70. The first-order valence-corrected chi connectivity index (χ1v) is 5.69. The largest absolute Gasteiger partial charge is 0.462 e. The summed E-state index contributed by atoms with van der Waals surface area (Å²) >= 11 is 0. The molecule has 0 saturated carbocycles. The Bertz CT molecular complexity index is 396. The lowest BCUT2D eigenvalue weighted by molar-refractivity contribution is 0.00393. The van der Waals surface area contributed by atoms with Gasteiger partial charge in [0.1, 0.15) is 6.10 Å². The molecule has 3 N–H and O–H groups in total. The number of pyridine rings is 1. The standard InChI is InChI=1S/C12H17NO5/c1-2-18-12(17)9-5-8(6-13-7-9)11(16)10(15)3-4-14/h5-7,10-11,14-16H,2-4H2,1H3. The van der Waals surface area contributed by atoms with E-state index in [0.717, 1.165) is 0 Å². The molecule has 0 aliphatic rings. The normalized spacial score (nSPS) is 14.0. The van der Waals surface area contributed by atoms with Gasteiger partial charge in [-0.05, 0) is 19.4 Å². The summed E-state index contributed by atoms with van der Waals surface area (Å²) in [5.41, 5.74) is 0.520. The van der Waals surface area contributed by atoms with E-state index >= 15 is 0 Å². The van der Waals surface area contributed by atoms with E-state index in [1.807, 2.05) is 0 Å². The van der Waals surface area contributed by atoms with E-state index in [9.17, 15) is 15.0 Å². The molecule has 0 aliphatic heterocycles. The van der Waals surface area contributed by atoms with E-state index in [0.29, 0.717) is 5.56 Å². The fourth-order valence-corrected chi connectivity index (χ4v) is 1.46. The van der Waals surface area contributed by atoms with Crippen molar-refractivity contribution in [3.8, 4) is 0 Å². The van der Waals surface area contributed by atoms with E-state index in [1.54, 1.807) is 6.92 Å². The molecule has 0 aromatic carbocycles. The molecule has 0 fully saturated rings. The molecule has 1 aromatic rings. The highest BCUT2D eigenvalue weighted by Gasteiger charge is 2.19. The third-order valence-corrected chi connectivity index (χ3v) is 2.40. The van der Waals surface area contributed by atoms with Gasteiger partial charge in [0.15, 0.2) is 0 Å². The second-order valence-electron chi connectivity index (χ2n) is 3.75. The summed E-state index contributed by atoms with van der Waals surface area (Å²) < 4.78 is 4.81. The molecule has 1 aromatic heterocycles. The predicted octanol–water partition coefficient (Wildman–Crippen LogP) is 0.0350. The highest BCUT2D eigenvalue weighted by Crippen LogP contribution is 2.19. The molecule has 2 atom stereocenters. The minimum absolute atomic E-state index is 0.0464. The van der Waals surface area contributed by atoms with Crippen molar-refractivity contribution < 1.29 is 24.9 Å². The van der Waals surface area contributed by atoms with Gasteiger partial charge in [0, 0.05) is 24.6 Å². The Morgan fingerprint density at radius 3 is 2.78 bits per heavy atom. The summed E-state index contributed by atoms with van der Waals surface area (Å²) in [6.45, 7) is 1.71. The predicted molar refractivity (Wildman–Crippen MR) is 62.9 cm³/mol. The van der Waals surface area contributed by atoms with Gasteiger partial charge in [0.05, 0.1) is 18.3 Å². The van der Waals surface area contributed by atoms with Crippen molar-refractivity contribution >= 4 is 5.97 Å². The summed E-state index contributed by atoms with van der Waals surface area (Å²) in [6, 6.07) is 1.41. The molecular formula is C12H17NO5. The van der Waals surface area contributed by atoms with Crippen molar-refractivity contribution in [2.45, 2.75) is 25.6 Å². The van der Waals surface area contributed by atoms with Crippen LogP contribution in [0.3, 0.4) is 0 Å². The average molecular weight is 255 g/mol. The SMILES string of the molecule is CCOC(=O)c1cncc(C(O)C(O)CCO)c1. The van der Waals surface area contributed by atoms with E-state index in [-0.39, 0.29) is 25.2 Å². The molecule has 0 amide bonds. The molecule has 2 unspecified atom stereocenters. The summed E-state index contributed by atoms with van der Waals surface area (Å²) in [5, 5.41) is 28.0. The van der Waals surface area contributed by atoms with Gasteiger partial charge in [0.25, 0.3) is 0 Å². The van der Waals surface area contributed by atoms with E-state index < -0.39 is 18.2 Å². The molecule has 0 bridgehead atoms. The molecule has 6 nitrogen and oxygen atoms in total. The molecule has 100 valence electrons. The zero-order chi connectivity index (χ0) is 13.5. The summed E-state index contributed by atoms with van der Waals surface area (Å²) in [5.74, 6) is -0.532. The van der Waals surface area contributed by atoms with Gasteiger partial charge in [-0.2, -0.15) is 0 Å². The quantitative estimate of drug-likeness (QED) is 0.620. The first-order valence-electron chi connectivity index (χ1n) is 5.69. The van der Waals surface area contributed by atoms with Gasteiger partial charge >= 0.3 is 5.97 Å². The number of carbonyl (C=O) groups is 1. The van der Waals surface area contributed by atoms with Crippen molar-refractivity contribution in [1.82, 2.24) is 4.98 Å². The van der Waals surface area contributed by atoms with Crippen LogP contribution >= 0.6 is 0 Å². The van der Waals surface area contributed by atoms with E-state index in [1.165, 1.54) is 18.5 Å². The molecule has 18 heavy (non-hydrogen) atoms. The Balaban J connectivity index is 2.84. The molecule has 6 heteroatoms.